The lowest BCUT2D eigenvalue weighted by Gasteiger charge is -2.09. The summed E-state index contributed by atoms with van der Waals surface area (Å²) in [6.45, 7) is 2.53. The van der Waals surface area contributed by atoms with Crippen LogP contribution in [0.2, 0.25) is 0 Å². The van der Waals surface area contributed by atoms with E-state index in [1.807, 2.05) is 26.2 Å². The van der Waals surface area contributed by atoms with Crippen molar-refractivity contribution in [1.82, 2.24) is 10.6 Å². The van der Waals surface area contributed by atoms with Gasteiger partial charge in [-0.25, -0.2) is 0 Å². The average molecular weight is 342 g/mol. The zero-order chi connectivity index (χ0) is 17.6. The van der Waals surface area contributed by atoms with E-state index in [2.05, 4.69) is 10.6 Å². The van der Waals surface area contributed by atoms with Gasteiger partial charge in [-0.1, -0.05) is 0 Å². The Morgan fingerprint density at radius 1 is 0.840 bits per heavy atom. The number of ether oxygens (including phenoxy) is 2. The van der Waals surface area contributed by atoms with Crippen molar-refractivity contribution in [3.63, 3.8) is 0 Å². The maximum absolute atomic E-state index is 12.9. The van der Waals surface area contributed by atoms with Crippen molar-refractivity contribution in [2.75, 3.05) is 40.4 Å². The molecular formula is C19H22N2O4. The highest BCUT2D eigenvalue weighted by Gasteiger charge is 2.10. The Morgan fingerprint density at radius 3 is 1.76 bits per heavy atom. The molecule has 0 saturated carbocycles. The van der Waals surface area contributed by atoms with Crippen LogP contribution in [0.1, 0.15) is 0 Å². The Labute approximate surface area is 145 Å². The van der Waals surface area contributed by atoms with E-state index in [1.165, 1.54) is 0 Å². The van der Waals surface area contributed by atoms with Gasteiger partial charge in [0.15, 0.2) is 0 Å². The van der Waals surface area contributed by atoms with Crippen molar-refractivity contribution in [2.45, 2.75) is 0 Å². The van der Waals surface area contributed by atoms with Crippen LogP contribution in [0, 0.1) is 0 Å². The number of fused-ring (bicyclic) bond motifs is 2. The fourth-order valence-corrected chi connectivity index (χ4v) is 2.54. The first-order chi connectivity index (χ1) is 12.2. The Hall–Kier alpha value is -2.57. The summed E-state index contributed by atoms with van der Waals surface area (Å²) in [5.74, 6) is 1.30. The van der Waals surface area contributed by atoms with E-state index in [1.54, 1.807) is 24.3 Å². The minimum absolute atomic E-state index is 0.0885. The number of benzene rings is 2. The summed E-state index contributed by atoms with van der Waals surface area (Å²) in [5, 5.41) is 7.03. The molecule has 132 valence electrons. The van der Waals surface area contributed by atoms with Gasteiger partial charge in [0.25, 0.3) is 0 Å². The van der Waals surface area contributed by atoms with Crippen LogP contribution in [-0.2, 0) is 0 Å². The van der Waals surface area contributed by atoms with Gasteiger partial charge < -0.3 is 24.5 Å². The van der Waals surface area contributed by atoms with Crippen LogP contribution in [0.5, 0.6) is 11.5 Å². The zero-order valence-electron chi connectivity index (χ0n) is 14.4. The topological polar surface area (TPSA) is 72.7 Å². The maximum Gasteiger partial charge on any atom is 0.200 e. The zero-order valence-corrected chi connectivity index (χ0v) is 14.4. The van der Waals surface area contributed by atoms with E-state index < -0.39 is 0 Å². The van der Waals surface area contributed by atoms with E-state index >= 15 is 0 Å². The lowest BCUT2D eigenvalue weighted by molar-refractivity contribution is 0.318. The van der Waals surface area contributed by atoms with E-state index in [0.29, 0.717) is 46.7 Å². The fourth-order valence-electron chi connectivity index (χ4n) is 2.54. The van der Waals surface area contributed by atoms with Crippen LogP contribution in [-0.4, -0.2) is 40.4 Å². The van der Waals surface area contributed by atoms with Gasteiger partial charge in [-0.2, -0.15) is 0 Å². The molecule has 0 saturated heterocycles. The third-order valence-corrected chi connectivity index (χ3v) is 3.85. The minimum atomic E-state index is -0.0885. The van der Waals surface area contributed by atoms with Crippen molar-refractivity contribution in [3.05, 3.63) is 46.6 Å². The van der Waals surface area contributed by atoms with Crippen LogP contribution < -0.4 is 25.5 Å². The molecule has 25 heavy (non-hydrogen) atoms. The Bertz CT molecular complexity index is 849. The van der Waals surface area contributed by atoms with Gasteiger partial charge >= 0.3 is 0 Å². The van der Waals surface area contributed by atoms with Gasteiger partial charge in [0.05, 0.1) is 10.8 Å². The molecule has 0 amide bonds. The Kier molecular flexibility index (Phi) is 5.53. The molecule has 2 N–H and O–H groups in total. The first-order valence-corrected chi connectivity index (χ1v) is 8.28. The Morgan fingerprint density at radius 2 is 1.32 bits per heavy atom. The number of hydrogen-bond acceptors (Lipinski definition) is 6. The van der Waals surface area contributed by atoms with Gasteiger partial charge in [0.2, 0.25) is 5.43 Å². The molecule has 0 aliphatic heterocycles. The SMILES string of the molecule is CNCCOc1ccc2oc3ccc(OCCNC)cc3c(=O)c2c1. The molecule has 6 nitrogen and oxygen atoms in total. The van der Waals surface area contributed by atoms with Gasteiger partial charge in [0.1, 0.15) is 35.9 Å². The van der Waals surface area contributed by atoms with E-state index in [0.717, 1.165) is 13.1 Å². The number of nitrogens with one attached hydrogen (secondary N) is 2. The smallest absolute Gasteiger partial charge is 0.200 e. The summed E-state index contributed by atoms with van der Waals surface area (Å²) in [7, 11) is 3.72. The molecule has 3 rings (SSSR count). The highest BCUT2D eigenvalue weighted by molar-refractivity contribution is 5.90. The van der Waals surface area contributed by atoms with Crippen LogP contribution in [0.4, 0.5) is 0 Å². The molecule has 3 aromatic rings. The molecule has 0 unspecified atom stereocenters. The third kappa shape index (κ3) is 3.92. The van der Waals surface area contributed by atoms with Crippen molar-refractivity contribution in [3.8, 4) is 11.5 Å². The molecule has 6 heteroatoms. The van der Waals surface area contributed by atoms with Gasteiger partial charge in [-0.05, 0) is 50.5 Å². The van der Waals surface area contributed by atoms with Crippen LogP contribution in [0.25, 0.3) is 21.9 Å². The molecule has 0 aliphatic carbocycles. The molecule has 0 bridgehead atoms. The predicted octanol–water partition coefficient (Wildman–Crippen LogP) is 2.14. The molecular weight excluding hydrogens is 320 g/mol. The molecule has 0 atom stereocenters. The fraction of sp³-hybridized carbons (Fsp3) is 0.316. The van der Waals surface area contributed by atoms with E-state index in [4.69, 9.17) is 13.9 Å². The van der Waals surface area contributed by atoms with Crippen LogP contribution in [0.15, 0.2) is 45.6 Å². The lowest BCUT2D eigenvalue weighted by Crippen LogP contribution is -2.16. The van der Waals surface area contributed by atoms with Crippen LogP contribution >= 0.6 is 0 Å². The molecule has 0 fully saturated rings. The second-order valence-electron chi connectivity index (χ2n) is 5.65. The summed E-state index contributed by atoms with van der Waals surface area (Å²) in [4.78, 5) is 12.9. The molecule has 0 spiro atoms. The largest absolute Gasteiger partial charge is 0.492 e. The maximum atomic E-state index is 12.9. The summed E-state index contributed by atoms with van der Waals surface area (Å²) in [5.41, 5.74) is 0.999. The highest BCUT2D eigenvalue weighted by atomic mass is 16.5. The Balaban J connectivity index is 1.97. The molecule has 0 radical (unpaired) electrons. The summed E-state index contributed by atoms with van der Waals surface area (Å²) in [6, 6.07) is 10.6. The molecule has 2 aromatic carbocycles. The van der Waals surface area contributed by atoms with Gasteiger partial charge in [-0.3, -0.25) is 4.79 Å². The molecule has 1 aromatic heterocycles. The summed E-state index contributed by atoms with van der Waals surface area (Å²) < 4.78 is 17.1. The predicted molar refractivity (Wildman–Crippen MR) is 98.8 cm³/mol. The number of likely N-dealkylation sites (N-methyl/N-ethyl adjacent to an activating group) is 2. The third-order valence-electron chi connectivity index (χ3n) is 3.85. The first-order valence-electron chi connectivity index (χ1n) is 8.28. The quantitative estimate of drug-likeness (QED) is 0.483. The van der Waals surface area contributed by atoms with E-state index in [9.17, 15) is 4.79 Å². The second-order valence-corrected chi connectivity index (χ2v) is 5.65. The molecule has 0 aliphatic rings. The standard InChI is InChI=1S/C19H22N2O4/c1-20-7-9-23-13-3-5-17-15(11-13)19(22)16-12-14(24-10-8-21-2)4-6-18(16)25-17/h3-6,11-12,20-21H,7-10H2,1-2H3. The van der Waals surface area contributed by atoms with Crippen molar-refractivity contribution in [2.24, 2.45) is 0 Å². The highest BCUT2D eigenvalue weighted by Crippen LogP contribution is 2.25. The molecule has 1 heterocycles. The van der Waals surface area contributed by atoms with Gasteiger partial charge in [0, 0.05) is 13.1 Å². The summed E-state index contributed by atoms with van der Waals surface area (Å²) in [6.07, 6.45) is 0. The number of rotatable bonds is 8. The van der Waals surface area contributed by atoms with Crippen LogP contribution in [0.3, 0.4) is 0 Å². The van der Waals surface area contributed by atoms with Gasteiger partial charge in [-0.15, -0.1) is 0 Å². The first kappa shape index (κ1) is 17.3. The van der Waals surface area contributed by atoms with Crippen molar-refractivity contribution < 1.29 is 13.9 Å². The number of hydrogen-bond donors (Lipinski definition) is 2. The lowest BCUT2D eigenvalue weighted by atomic mass is 10.1. The summed E-state index contributed by atoms with van der Waals surface area (Å²) >= 11 is 0. The monoisotopic (exact) mass is 342 g/mol. The van der Waals surface area contributed by atoms with Crippen molar-refractivity contribution in [1.29, 1.82) is 0 Å². The second kappa shape index (κ2) is 8.00. The minimum Gasteiger partial charge on any atom is -0.492 e. The van der Waals surface area contributed by atoms with Crippen molar-refractivity contribution >= 4 is 21.9 Å². The average Bonchev–Trinajstić information content (AvgIpc) is 2.63. The van der Waals surface area contributed by atoms with E-state index in [-0.39, 0.29) is 5.43 Å². The normalized spacial score (nSPS) is 11.1.